The van der Waals surface area contributed by atoms with E-state index in [9.17, 15) is 4.79 Å². The fourth-order valence-corrected chi connectivity index (χ4v) is 2.33. The number of carbonyl (C=O) groups is 1. The molecular weight excluding hydrogens is 240 g/mol. The summed E-state index contributed by atoms with van der Waals surface area (Å²) >= 11 is 0. The maximum Gasteiger partial charge on any atom is 0.345 e. The summed E-state index contributed by atoms with van der Waals surface area (Å²) < 4.78 is 0. The van der Waals surface area contributed by atoms with E-state index in [0.29, 0.717) is 5.41 Å². The van der Waals surface area contributed by atoms with E-state index in [-0.39, 0.29) is 11.3 Å². The van der Waals surface area contributed by atoms with Crippen LogP contribution in [0.1, 0.15) is 80.1 Å². The van der Waals surface area contributed by atoms with Gasteiger partial charge in [0.15, 0.2) is 0 Å². The Morgan fingerprint density at radius 3 is 1.95 bits per heavy atom. The van der Waals surface area contributed by atoms with Gasteiger partial charge in [0.05, 0.1) is 5.92 Å². The van der Waals surface area contributed by atoms with Crippen LogP contribution in [-0.2, 0) is 9.68 Å². The first-order chi connectivity index (χ1) is 8.58. The van der Waals surface area contributed by atoms with Crippen molar-refractivity contribution >= 4 is 5.97 Å². The van der Waals surface area contributed by atoms with E-state index in [4.69, 9.17) is 5.26 Å². The van der Waals surface area contributed by atoms with Crippen LogP contribution >= 0.6 is 0 Å². The van der Waals surface area contributed by atoms with Crippen molar-refractivity contribution in [3.63, 3.8) is 0 Å². The molecule has 0 amide bonds. The van der Waals surface area contributed by atoms with Crippen LogP contribution in [-0.4, -0.2) is 11.2 Å². The highest BCUT2D eigenvalue weighted by molar-refractivity contribution is 5.72. The molecule has 114 valence electrons. The van der Waals surface area contributed by atoms with Crippen molar-refractivity contribution in [3.8, 4) is 0 Å². The minimum Gasteiger partial charge on any atom is -0.301 e. The lowest BCUT2D eigenvalue weighted by atomic mass is 9.77. The lowest BCUT2D eigenvalue weighted by Gasteiger charge is -2.27. The van der Waals surface area contributed by atoms with Gasteiger partial charge in [-0.3, -0.25) is 0 Å². The molecule has 0 aromatic rings. The Morgan fingerprint density at radius 1 is 1.00 bits per heavy atom. The topological polar surface area (TPSA) is 46.5 Å². The number of rotatable bonds is 7. The quantitative estimate of drug-likeness (QED) is 0.400. The first kappa shape index (κ1) is 18.4. The smallest absolute Gasteiger partial charge is 0.301 e. The summed E-state index contributed by atoms with van der Waals surface area (Å²) in [7, 11) is 0. The van der Waals surface area contributed by atoms with E-state index in [1.807, 2.05) is 20.8 Å². The fraction of sp³-hybridized carbons (Fsp3) is 0.938. The van der Waals surface area contributed by atoms with Crippen LogP contribution in [0.15, 0.2) is 0 Å². The number of unbranched alkanes of at least 4 members (excludes halogenated alkanes) is 3. The van der Waals surface area contributed by atoms with E-state index in [1.54, 1.807) is 0 Å². The Morgan fingerprint density at radius 2 is 1.53 bits per heavy atom. The Kier molecular flexibility index (Phi) is 7.65. The molecule has 0 saturated carbocycles. The monoisotopic (exact) mass is 272 g/mol. The molecule has 1 atom stereocenters. The Labute approximate surface area is 118 Å². The minimum atomic E-state index is -0.498. The first-order valence-corrected chi connectivity index (χ1v) is 7.43. The van der Waals surface area contributed by atoms with E-state index in [0.717, 1.165) is 19.3 Å². The lowest BCUT2D eigenvalue weighted by Crippen LogP contribution is -2.29. The third-order valence-electron chi connectivity index (χ3n) is 3.59. The van der Waals surface area contributed by atoms with Gasteiger partial charge in [0.1, 0.15) is 0 Å². The minimum absolute atomic E-state index is 0.161. The van der Waals surface area contributed by atoms with Gasteiger partial charge < -0.3 is 4.89 Å². The zero-order chi connectivity index (χ0) is 15.1. The average Bonchev–Trinajstić information content (AvgIpc) is 2.23. The SMILES string of the molecule is CC(C)(C)CCCCCCC(C(=O)OO)C(C)(C)C. The lowest BCUT2D eigenvalue weighted by molar-refractivity contribution is -0.242. The molecule has 0 aromatic carbocycles. The second-order valence-electron chi connectivity index (χ2n) is 7.84. The van der Waals surface area contributed by atoms with Crippen molar-refractivity contribution in [1.82, 2.24) is 0 Å². The van der Waals surface area contributed by atoms with Crippen molar-refractivity contribution < 1.29 is 14.9 Å². The fourth-order valence-electron chi connectivity index (χ4n) is 2.33. The number of hydrogen-bond donors (Lipinski definition) is 1. The molecule has 0 aliphatic carbocycles. The van der Waals surface area contributed by atoms with Crippen molar-refractivity contribution in [2.24, 2.45) is 16.7 Å². The molecule has 0 radical (unpaired) electrons. The van der Waals surface area contributed by atoms with Crippen LogP contribution in [0.2, 0.25) is 0 Å². The average molecular weight is 272 g/mol. The predicted octanol–water partition coefficient (Wildman–Crippen LogP) is 5.05. The molecule has 0 saturated heterocycles. The molecule has 3 heteroatoms. The zero-order valence-electron chi connectivity index (χ0n) is 13.6. The molecule has 0 aromatic heterocycles. The maximum atomic E-state index is 11.5. The summed E-state index contributed by atoms with van der Waals surface area (Å²) in [5.74, 6) is -0.720. The maximum absolute atomic E-state index is 11.5. The highest BCUT2D eigenvalue weighted by Gasteiger charge is 2.32. The van der Waals surface area contributed by atoms with Gasteiger partial charge in [-0.2, -0.15) is 5.26 Å². The molecule has 19 heavy (non-hydrogen) atoms. The largest absolute Gasteiger partial charge is 0.345 e. The van der Waals surface area contributed by atoms with Gasteiger partial charge in [-0.05, 0) is 23.7 Å². The normalized spacial score (nSPS) is 14.3. The summed E-state index contributed by atoms with van der Waals surface area (Å²) in [5.41, 5.74) is 0.250. The van der Waals surface area contributed by atoms with Crippen LogP contribution in [0.4, 0.5) is 0 Å². The molecule has 0 fully saturated rings. The van der Waals surface area contributed by atoms with Crippen LogP contribution in [0.5, 0.6) is 0 Å². The standard InChI is InChI=1S/C16H32O3/c1-15(2,3)12-10-8-7-9-11-13(14(17)19-18)16(4,5)6/h13,18H,7-12H2,1-6H3. The van der Waals surface area contributed by atoms with E-state index < -0.39 is 5.97 Å². The molecule has 0 aliphatic rings. The van der Waals surface area contributed by atoms with E-state index >= 15 is 0 Å². The Bertz CT molecular complexity index is 258. The highest BCUT2D eigenvalue weighted by atomic mass is 17.1. The third-order valence-corrected chi connectivity index (χ3v) is 3.59. The molecule has 1 unspecified atom stereocenters. The summed E-state index contributed by atoms with van der Waals surface area (Å²) in [4.78, 5) is 15.5. The van der Waals surface area contributed by atoms with Gasteiger partial charge >= 0.3 is 5.97 Å². The van der Waals surface area contributed by atoms with Crippen molar-refractivity contribution in [2.45, 2.75) is 80.1 Å². The molecule has 0 bridgehead atoms. The summed E-state index contributed by atoms with van der Waals surface area (Å²) in [6.45, 7) is 12.8. The van der Waals surface area contributed by atoms with E-state index in [2.05, 4.69) is 25.7 Å². The number of carbonyl (C=O) groups excluding carboxylic acids is 1. The van der Waals surface area contributed by atoms with Gasteiger partial charge in [0.25, 0.3) is 0 Å². The van der Waals surface area contributed by atoms with Crippen LogP contribution in [0.25, 0.3) is 0 Å². The first-order valence-electron chi connectivity index (χ1n) is 7.43. The van der Waals surface area contributed by atoms with E-state index in [1.165, 1.54) is 19.3 Å². The van der Waals surface area contributed by atoms with Gasteiger partial charge in [-0.25, -0.2) is 4.79 Å². The summed E-state index contributed by atoms with van der Waals surface area (Å²) in [6, 6.07) is 0. The Hall–Kier alpha value is -0.570. The van der Waals surface area contributed by atoms with Gasteiger partial charge in [-0.15, -0.1) is 0 Å². The summed E-state index contributed by atoms with van der Waals surface area (Å²) in [5, 5.41) is 8.55. The van der Waals surface area contributed by atoms with Gasteiger partial charge in [-0.1, -0.05) is 67.2 Å². The third kappa shape index (κ3) is 9.04. The highest BCUT2D eigenvalue weighted by Crippen LogP contribution is 2.31. The van der Waals surface area contributed by atoms with Crippen LogP contribution in [0.3, 0.4) is 0 Å². The second-order valence-corrected chi connectivity index (χ2v) is 7.84. The zero-order valence-corrected chi connectivity index (χ0v) is 13.6. The Balaban J connectivity index is 3.93. The van der Waals surface area contributed by atoms with Crippen LogP contribution in [0, 0.1) is 16.7 Å². The summed E-state index contributed by atoms with van der Waals surface area (Å²) in [6.07, 6.45) is 6.64. The van der Waals surface area contributed by atoms with Crippen molar-refractivity contribution in [1.29, 1.82) is 0 Å². The van der Waals surface area contributed by atoms with Crippen molar-refractivity contribution in [2.75, 3.05) is 0 Å². The molecule has 0 heterocycles. The second kappa shape index (κ2) is 7.88. The van der Waals surface area contributed by atoms with Crippen LogP contribution < -0.4 is 0 Å². The molecule has 0 spiro atoms. The molecule has 3 nitrogen and oxygen atoms in total. The number of hydrogen-bond acceptors (Lipinski definition) is 3. The predicted molar refractivity (Wildman–Crippen MR) is 78.8 cm³/mol. The molecular formula is C16H32O3. The molecule has 0 aliphatic heterocycles. The van der Waals surface area contributed by atoms with Gasteiger partial charge in [0, 0.05) is 0 Å². The van der Waals surface area contributed by atoms with Gasteiger partial charge in [0.2, 0.25) is 0 Å². The molecule has 0 rings (SSSR count). The van der Waals surface area contributed by atoms with Crippen molar-refractivity contribution in [3.05, 3.63) is 0 Å². The molecule has 1 N–H and O–H groups in total.